The number of likely N-dealkylation sites (N-methyl/N-ethyl adjacent to an activating group) is 1. The second-order valence-electron chi connectivity index (χ2n) is 7.34. The summed E-state index contributed by atoms with van der Waals surface area (Å²) < 4.78 is 5.40. The molecule has 13 heteroatoms. The smallest absolute Gasteiger partial charge is 0.237 e. The van der Waals surface area contributed by atoms with Gasteiger partial charge >= 0.3 is 0 Å². The maximum Gasteiger partial charge on any atom is 0.237 e. The van der Waals surface area contributed by atoms with Gasteiger partial charge in [-0.3, -0.25) is 28.9 Å². The van der Waals surface area contributed by atoms with E-state index in [2.05, 4.69) is 26.6 Å². The molecule has 13 nitrogen and oxygen atoms in total. The van der Waals surface area contributed by atoms with Crippen LogP contribution in [-0.2, 0) is 28.7 Å². The molecular weight excluding hydrogens is 434 g/mol. The van der Waals surface area contributed by atoms with Crippen LogP contribution in [0.4, 0.5) is 0 Å². The molecule has 33 heavy (non-hydrogen) atoms. The van der Waals surface area contributed by atoms with Gasteiger partial charge in [0.05, 0.1) is 25.8 Å². The Morgan fingerprint density at radius 3 is 1.88 bits per heavy atom. The van der Waals surface area contributed by atoms with E-state index in [-0.39, 0.29) is 49.8 Å². The maximum absolute atomic E-state index is 12.2. The van der Waals surface area contributed by atoms with Crippen LogP contribution in [0.5, 0.6) is 0 Å². The molecule has 0 saturated carbocycles. The van der Waals surface area contributed by atoms with Gasteiger partial charge < -0.3 is 37.1 Å². The maximum atomic E-state index is 12.2. The van der Waals surface area contributed by atoms with Gasteiger partial charge in [0.2, 0.25) is 29.5 Å². The zero-order valence-corrected chi connectivity index (χ0v) is 19.8. The quantitative estimate of drug-likeness (QED) is 0.105. The monoisotopic (exact) mass is 473 g/mol. The molecule has 0 bridgehead atoms. The first-order valence-electron chi connectivity index (χ1n) is 10.9. The van der Waals surface area contributed by atoms with Gasteiger partial charge in [-0.2, -0.15) is 0 Å². The number of hydrogen-bond acceptors (Lipinski definition) is 8. The van der Waals surface area contributed by atoms with Crippen molar-refractivity contribution < 1.29 is 28.7 Å². The summed E-state index contributed by atoms with van der Waals surface area (Å²) in [6.45, 7) is 5.83. The molecule has 0 aromatic carbocycles. The summed E-state index contributed by atoms with van der Waals surface area (Å²) in [7, 11) is 1.63. The molecule has 0 aliphatic rings. The number of primary amides is 1. The van der Waals surface area contributed by atoms with Crippen molar-refractivity contribution in [2.45, 2.75) is 32.7 Å². The molecule has 0 aliphatic carbocycles. The number of hydrogen-bond donors (Lipinski definition) is 6. The van der Waals surface area contributed by atoms with E-state index in [1.54, 1.807) is 7.05 Å². The fourth-order valence-corrected chi connectivity index (χ4v) is 2.74. The lowest BCUT2D eigenvalue weighted by molar-refractivity contribution is -0.124. The minimum atomic E-state index is -0.504. The lowest BCUT2D eigenvalue weighted by Crippen LogP contribution is -2.45. The normalized spacial score (nSPS) is 11.5. The summed E-state index contributed by atoms with van der Waals surface area (Å²) in [6, 6.07) is -0.504. The Hall–Kier alpha value is -2.77. The molecule has 0 fully saturated rings. The third-order valence-corrected chi connectivity index (χ3v) is 4.43. The predicted molar refractivity (Wildman–Crippen MR) is 122 cm³/mol. The molecule has 5 amide bonds. The Bertz CT molecular complexity index is 612. The number of carbonyl (C=O) groups is 5. The highest BCUT2D eigenvalue weighted by Gasteiger charge is 2.16. The summed E-state index contributed by atoms with van der Waals surface area (Å²) in [6.07, 6.45) is 0.435. The second-order valence-corrected chi connectivity index (χ2v) is 7.34. The van der Waals surface area contributed by atoms with Crippen molar-refractivity contribution in [2.75, 3.05) is 66.1 Å². The molecular formula is C20H39N7O6. The van der Waals surface area contributed by atoms with Crippen LogP contribution < -0.4 is 32.3 Å². The molecule has 0 radical (unpaired) electrons. The lowest BCUT2D eigenvalue weighted by Gasteiger charge is -2.22. The summed E-state index contributed by atoms with van der Waals surface area (Å²) in [4.78, 5) is 58.9. The summed E-state index contributed by atoms with van der Waals surface area (Å²) in [5.41, 5.74) is 5.09. The lowest BCUT2D eigenvalue weighted by atomic mass is 10.1. The fraction of sp³-hybridized carbons (Fsp3) is 0.750. The van der Waals surface area contributed by atoms with Gasteiger partial charge in [-0.05, 0) is 13.5 Å². The van der Waals surface area contributed by atoms with Gasteiger partial charge in [-0.1, -0.05) is 0 Å². The van der Waals surface area contributed by atoms with Crippen molar-refractivity contribution >= 4 is 29.5 Å². The third-order valence-electron chi connectivity index (χ3n) is 4.43. The SMILES string of the molecule is CN[C@@H](CCC(N)=O)C(=O)NCCOCCNC(=O)CN(CCNC(C)=O)CCNC(C)=O. The number of ether oxygens (including phenoxy) is 1. The van der Waals surface area contributed by atoms with Crippen molar-refractivity contribution in [3.63, 3.8) is 0 Å². The zero-order chi connectivity index (χ0) is 25.1. The molecule has 0 unspecified atom stereocenters. The topological polar surface area (TPSA) is 184 Å². The second kappa shape index (κ2) is 18.8. The molecule has 0 aliphatic heterocycles. The summed E-state index contributed by atoms with van der Waals surface area (Å²) >= 11 is 0. The number of rotatable bonds is 19. The van der Waals surface area contributed by atoms with Crippen LogP contribution in [-0.4, -0.2) is 107 Å². The highest BCUT2D eigenvalue weighted by atomic mass is 16.5. The van der Waals surface area contributed by atoms with Crippen molar-refractivity contribution in [3.05, 3.63) is 0 Å². The molecule has 1 atom stereocenters. The van der Waals surface area contributed by atoms with Crippen LogP contribution in [0.1, 0.15) is 26.7 Å². The van der Waals surface area contributed by atoms with Crippen LogP contribution >= 0.6 is 0 Å². The average molecular weight is 474 g/mol. The van der Waals surface area contributed by atoms with Crippen molar-refractivity contribution in [2.24, 2.45) is 5.73 Å². The molecule has 0 rings (SSSR count). The molecule has 7 N–H and O–H groups in total. The van der Waals surface area contributed by atoms with Crippen molar-refractivity contribution in [1.82, 2.24) is 31.5 Å². The van der Waals surface area contributed by atoms with Crippen molar-refractivity contribution in [1.29, 1.82) is 0 Å². The van der Waals surface area contributed by atoms with Crippen LogP contribution in [0.25, 0.3) is 0 Å². The van der Waals surface area contributed by atoms with E-state index in [1.165, 1.54) is 13.8 Å². The third kappa shape index (κ3) is 18.5. The molecule has 0 aromatic heterocycles. The fourth-order valence-electron chi connectivity index (χ4n) is 2.74. The number of carbonyl (C=O) groups excluding carboxylic acids is 5. The molecule has 0 heterocycles. The average Bonchev–Trinajstić information content (AvgIpc) is 2.72. The molecule has 0 aromatic rings. The number of amides is 5. The van der Waals surface area contributed by atoms with E-state index in [1.807, 2.05) is 4.90 Å². The summed E-state index contributed by atoms with van der Waals surface area (Å²) in [5.74, 6) is -1.21. The summed E-state index contributed by atoms with van der Waals surface area (Å²) in [5, 5.41) is 13.6. The predicted octanol–water partition coefficient (Wildman–Crippen LogP) is -3.34. The Balaban J connectivity index is 4.06. The van der Waals surface area contributed by atoms with Gasteiger partial charge in [-0.15, -0.1) is 0 Å². The van der Waals surface area contributed by atoms with Gasteiger partial charge in [-0.25, -0.2) is 0 Å². The van der Waals surface area contributed by atoms with Crippen molar-refractivity contribution in [3.8, 4) is 0 Å². The van der Waals surface area contributed by atoms with E-state index in [9.17, 15) is 24.0 Å². The Labute approximate surface area is 194 Å². The Morgan fingerprint density at radius 1 is 0.848 bits per heavy atom. The van der Waals surface area contributed by atoms with Gasteiger partial charge in [0.25, 0.3) is 0 Å². The number of nitrogens with zero attached hydrogens (tertiary/aromatic N) is 1. The molecule has 0 spiro atoms. The van der Waals surface area contributed by atoms with Crippen LogP contribution in [0.3, 0.4) is 0 Å². The first kappa shape index (κ1) is 30.2. The van der Waals surface area contributed by atoms with E-state index in [0.717, 1.165) is 0 Å². The van der Waals surface area contributed by atoms with E-state index in [0.29, 0.717) is 45.7 Å². The van der Waals surface area contributed by atoms with Gasteiger partial charge in [0, 0.05) is 59.5 Å². The Morgan fingerprint density at radius 2 is 1.39 bits per heavy atom. The Kier molecular flexibility index (Phi) is 17.2. The van der Waals surface area contributed by atoms with E-state index in [4.69, 9.17) is 10.5 Å². The number of nitrogens with one attached hydrogen (secondary N) is 5. The van der Waals surface area contributed by atoms with Crippen LogP contribution in [0.15, 0.2) is 0 Å². The zero-order valence-electron chi connectivity index (χ0n) is 19.8. The van der Waals surface area contributed by atoms with Gasteiger partial charge in [0.1, 0.15) is 0 Å². The van der Waals surface area contributed by atoms with E-state index >= 15 is 0 Å². The molecule has 190 valence electrons. The van der Waals surface area contributed by atoms with E-state index < -0.39 is 11.9 Å². The first-order chi connectivity index (χ1) is 15.6. The first-order valence-corrected chi connectivity index (χ1v) is 10.9. The number of nitrogens with two attached hydrogens (primary N) is 1. The minimum absolute atomic E-state index is 0.117. The van der Waals surface area contributed by atoms with Gasteiger partial charge in [0.15, 0.2) is 0 Å². The highest BCUT2D eigenvalue weighted by molar-refractivity contribution is 5.82. The van der Waals surface area contributed by atoms with Crippen LogP contribution in [0, 0.1) is 0 Å². The highest BCUT2D eigenvalue weighted by Crippen LogP contribution is 1.96. The standard InChI is InChI=1S/C20H39N7O6/c1-15(28)23-6-10-27(11-7-24-16(2)29)14-19(31)25-8-12-33-13-9-26-20(32)17(22-3)4-5-18(21)30/h17,22H,4-14H2,1-3H3,(H2,21,30)(H,23,28)(H,24,29)(H,25,31)(H,26,32)/t17-/m0/s1. The largest absolute Gasteiger partial charge is 0.378 e. The molecule has 0 saturated heterocycles. The minimum Gasteiger partial charge on any atom is -0.378 e. The van der Waals surface area contributed by atoms with Crippen LogP contribution in [0.2, 0.25) is 0 Å².